The number of benzene rings is 1. The van der Waals surface area contributed by atoms with Gasteiger partial charge >= 0.3 is 11.7 Å². The summed E-state index contributed by atoms with van der Waals surface area (Å²) < 4.78 is 20.0. The number of carbonyl (C=O) groups is 1. The van der Waals surface area contributed by atoms with Crippen molar-refractivity contribution in [3.8, 4) is 5.69 Å². The lowest BCUT2D eigenvalue weighted by Crippen LogP contribution is -2.44. The molecule has 1 fully saturated rings. The van der Waals surface area contributed by atoms with Crippen LogP contribution in [0.1, 0.15) is 10.4 Å². The Morgan fingerprint density at radius 1 is 1.26 bits per heavy atom. The number of hydrogen-bond donors (Lipinski definition) is 1. The van der Waals surface area contributed by atoms with Gasteiger partial charge in [-0.25, -0.2) is 18.5 Å². The maximum atomic E-state index is 13.0. The number of carboxylic acids is 1. The number of nitrogens with zero attached hydrogens (tertiary/aromatic N) is 2. The second-order valence-electron chi connectivity index (χ2n) is 5.30. The zero-order chi connectivity index (χ0) is 16.6. The lowest BCUT2D eigenvalue weighted by molar-refractivity contribution is -0.0400. The van der Waals surface area contributed by atoms with Crippen LogP contribution < -0.4 is 11.2 Å². The summed E-state index contributed by atoms with van der Waals surface area (Å²) in [7, 11) is 0. The molecule has 3 rings (SSSR count). The lowest BCUT2D eigenvalue weighted by atomic mass is 10.1. The molecular formula is C15H13FN2O5. The van der Waals surface area contributed by atoms with Crippen LogP contribution in [0.2, 0.25) is 0 Å². The van der Waals surface area contributed by atoms with Crippen molar-refractivity contribution >= 4 is 5.97 Å². The molecule has 120 valence electrons. The van der Waals surface area contributed by atoms with E-state index in [1.54, 1.807) is 0 Å². The highest BCUT2D eigenvalue weighted by Gasteiger charge is 2.23. The van der Waals surface area contributed by atoms with Crippen LogP contribution in [0.25, 0.3) is 5.69 Å². The van der Waals surface area contributed by atoms with E-state index < -0.39 is 28.6 Å². The van der Waals surface area contributed by atoms with Gasteiger partial charge in [0.25, 0.3) is 5.56 Å². The molecule has 0 saturated carbocycles. The number of aromatic carboxylic acids is 1. The molecule has 1 saturated heterocycles. The number of halogens is 1. The van der Waals surface area contributed by atoms with Crippen LogP contribution >= 0.6 is 0 Å². The summed E-state index contributed by atoms with van der Waals surface area (Å²) in [5.74, 6) is -1.86. The zero-order valence-corrected chi connectivity index (χ0v) is 11.9. The molecule has 0 atom stereocenters. The Hall–Kier alpha value is -2.74. The third-order valence-corrected chi connectivity index (χ3v) is 3.63. The molecule has 2 heterocycles. The Labute approximate surface area is 129 Å². The minimum absolute atomic E-state index is 0.0912. The van der Waals surface area contributed by atoms with E-state index in [1.165, 1.54) is 16.7 Å². The standard InChI is InChI=1S/C15H13FN2O5/c16-10-1-3-11(4-2-10)18-13(19)12(14(20)21)6-17(15(18)22)5-9-7-23-8-9/h1-4,6,9H,5,7-8H2,(H,20,21). The summed E-state index contributed by atoms with van der Waals surface area (Å²) in [6.45, 7) is 1.20. The SMILES string of the molecule is O=C(O)c1cn(CC2COC2)c(=O)n(-c2ccc(F)cc2)c1=O. The number of ether oxygens (including phenoxy) is 1. The highest BCUT2D eigenvalue weighted by molar-refractivity contribution is 5.86. The molecular weight excluding hydrogens is 307 g/mol. The van der Waals surface area contributed by atoms with Gasteiger partial charge < -0.3 is 9.84 Å². The molecule has 0 radical (unpaired) electrons. The van der Waals surface area contributed by atoms with E-state index in [9.17, 15) is 23.9 Å². The Morgan fingerprint density at radius 2 is 1.91 bits per heavy atom. The van der Waals surface area contributed by atoms with E-state index >= 15 is 0 Å². The molecule has 0 amide bonds. The molecule has 0 unspecified atom stereocenters. The zero-order valence-electron chi connectivity index (χ0n) is 11.9. The van der Waals surface area contributed by atoms with Crippen LogP contribution in [0.3, 0.4) is 0 Å². The molecule has 1 aromatic carbocycles. The molecule has 8 heteroatoms. The summed E-state index contributed by atoms with van der Waals surface area (Å²) in [5, 5.41) is 9.19. The van der Waals surface area contributed by atoms with Gasteiger partial charge in [-0.3, -0.25) is 9.36 Å². The van der Waals surface area contributed by atoms with Gasteiger partial charge in [0, 0.05) is 18.7 Å². The van der Waals surface area contributed by atoms with Crippen molar-refractivity contribution in [2.75, 3.05) is 13.2 Å². The fraction of sp³-hybridized carbons (Fsp3) is 0.267. The van der Waals surface area contributed by atoms with Crippen LogP contribution in [0.5, 0.6) is 0 Å². The fourth-order valence-corrected chi connectivity index (χ4v) is 2.37. The second-order valence-corrected chi connectivity index (χ2v) is 5.30. The number of aromatic nitrogens is 2. The highest BCUT2D eigenvalue weighted by atomic mass is 19.1. The van der Waals surface area contributed by atoms with Gasteiger partial charge in [-0.1, -0.05) is 0 Å². The van der Waals surface area contributed by atoms with E-state index in [2.05, 4.69) is 0 Å². The molecule has 23 heavy (non-hydrogen) atoms. The maximum Gasteiger partial charge on any atom is 0.342 e. The third kappa shape index (κ3) is 2.80. The largest absolute Gasteiger partial charge is 0.477 e. The second kappa shape index (κ2) is 5.81. The number of carboxylic acid groups (broad SMARTS) is 1. The van der Waals surface area contributed by atoms with Crippen molar-refractivity contribution in [1.29, 1.82) is 0 Å². The van der Waals surface area contributed by atoms with Gasteiger partial charge in [-0.2, -0.15) is 0 Å². The monoisotopic (exact) mass is 320 g/mol. The predicted octanol–water partition coefficient (Wildman–Crippen LogP) is 0.483. The minimum atomic E-state index is -1.43. The lowest BCUT2D eigenvalue weighted by Gasteiger charge is -2.26. The third-order valence-electron chi connectivity index (χ3n) is 3.63. The average molecular weight is 320 g/mol. The topological polar surface area (TPSA) is 90.5 Å². The molecule has 7 nitrogen and oxygen atoms in total. The Bertz CT molecular complexity index is 865. The number of hydrogen-bond acceptors (Lipinski definition) is 4. The van der Waals surface area contributed by atoms with Gasteiger partial charge in [-0.15, -0.1) is 0 Å². The molecule has 1 N–H and O–H groups in total. The van der Waals surface area contributed by atoms with Gasteiger partial charge in [-0.05, 0) is 24.3 Å². The van der Waals surface area contributed by atoms with Crippen LogP contribution in [0.15, 0.2) is 40.1 Å². The van der Waals surface area contributed by atoms with E-state index in [-0.39, 0.29) is 18.2 Å². The van der Waals surface area contributed by atoms with E-state index in [4.69, 9.17) is 4.74 Å². The first-order valence-electron chi connectivity index (χ1n) is 6.91. The predicted molar refractivity (Wildman–Crippen MR) is 77.5 cm³/mol. The first-order chi connectivity index (χ1) is 11.0. The summed E-state index contributed by atoms with van der Waals surface area (Å²) in [4.78, 5) is 36.1. The van der Waals surface area contributed by atoms with Crippen LogP contribution in [-0.2, 0) is 11.3 Å². The molecule has 2 aromatic rings. The molecule has 0 aliphatic carbocycles. The molecule has 0 bridgehead atoms. The number of rotatable bonds is 4. The first-order valence-corrected chi connectivity index (χ1v) is 6.91. The van der Waals surface area contributed by atoms with Crippen molar-refractivity contribution in [3.63, 3.8) is 0 Å². The minimum Gasteiger partial charge on any atom is -0.477 e. The molecule has 1 aromatic heterocycles. The fourth-order valence-electron chi connectivity index (χ4n) is 2.37. The maximum absolute atomic E-state index is 13.0. The smallest absolute Gasteiger partial charge is 0.342 e. The van der Waals surface area contributed by atoms with Crippen molar-refractivity contribution < 1.29 is 19.0 Å². The van der Waals surface area contributed by atoms with Crippen LogP contribution in [0, 0.1) is 11.7 Å². The van der Waals surface area contributed by atoms with Crippen molar-refractivity contribution in [2.24, 2.45) is 5.92 Å². The molecule has 1 aliphatic heterocycles. The Balaban J connectivity index is 2.19. The van der Waals surface area contributed by atoms with Crippen LogP contribution in [-0.4, -0.2) is 33.4 Å². The average Bonchev–Trinajstić information content (AvgIpc) is 2.46. The molecule has 0 spiro atoms. The summed E-state index contributed by atoms with van der Waals surface area (Å²) in [6.07, 6.45) is 1.05. The summed E-state index contributed by atoms with van der Waals surface area (Å²) >= 11 is 0. The van der Waals surface area contributed by atoms with E-state index in [0.717, 1.165) is 22.9 Å². The van der Waals surface area contributed by atoms with Crippen molar-refractivity contribution in [1.82, 2.24) is 9.13 Å². The Morgan fingerprint density at radius 3 is 2.43 bits per heavy atom. The van der Waals surface area contributed by atoms with Crippen LogP contribution in [0.4, 0.5) is 4.39 Å². The van der Waals surface area contributed by atoms with Gasteiger partial charge in [0.05, 0.1) is 18.9 Å². The van der Waals surface area contributed by atoms with Crippen molar-refractivity contribution in [2.45, 2.75) is 6.54 Å². The van der Waals surface area contributed by atoms with Crippen molar-refractivity contribution in [3.05, 3.63) is 62.7 Å². The van der Waals surface area contributed by atoms with Gasteiger partial charge in [0.1, 0.15) is 11.4 Å². The quantitative estimate of drug-likeness (QED) is 0.885. The molecule has 1 aliphatic rings. The van der Waals surface area contributed by atoms with E-state index in [1.807, 2.05) is 0 Å². The van der Waals surface area contributed by atoms with E-state index in [0.29, 0.717) is 13.2 Å². The summed E-state index contributed by atoms with van der Waals surface area (Å²) in [5.41, 5.74) is -2.02. The highest BCUT2D eigenvalue weighted by Crippen LogP contribution is 2.12. The Kier molecular flexibility index (Phi) is 3.83. The van der Waals surface area contributed by atoms with Gasteiger partial charge in [0.2, 0.25) is 0 Å². The van der Waals surface area contributed by atoms with Gasteiger partial charge in [0.15, 0.2) is 0 Å². The summed E-state index contributed by atoms with van der Waals surface area (Å²) in [6, 6.07) is 4.69. The normalized spacial score (nSPS) is 14.5. The first kappa shape index (κ1) is 15.2.